The van der Waals surface area contributed by atoms with Crippen molar-refractivity contribution in [3.63, 3.8) is 0 Å². The van der Waals surface area contributed by atoms with Crippen molar-refractivity contribution >= 4 is 0 Å². The predicted octanol–water partition coefficient (Wildman–Crippen LogP) is 3.59. The molecule has 6 atom stereocenters. The predicted molar refractivity (Wildman–Crippen MR) is 83.7 cm³/mol. The van der Waals surface area contributed by atoms with Crippen LogP contribution in [0.25, 0.3) is 0 Å². The lowest BCUT2D eigenvalue weighted by Gasteiger charge is -2.54. The first-order chi connectivity index (χ1) is 9.95. The number of fused-ring (bicyclic) bond motifs is 4. The molecule has 0 aromatic heterocycles. The van der Waals surface area contributed by atoms with Crippen LogP contribution in [0.2, 0.25) is 0 Å². The Morgan fingerprint density at radius 2 is 1.90 bits per heavy atom. The van der Waals surface area contributed by atoms with Crippen LogP contribution in [0.3, 0.4) is 0 Å². The summed E-state index contributed by atoms with van der Waals surface area (Å²) in [5.74, 6) is 1.27. The quantitative estimate of drug-likeness (QED) is 0.669. The van der Waals surface area contributed by atoms with Gasteiger partial charge in [0.25, 0.3) is 0 Å². The van der Waals surface area contributed by atoms with Gasteiger partial charge in [0.15, 0.2) is 0 Å². The Kier molecular flexibility index (Phi) is 2.97. The fourth-order valence-electron chi connectivity index (χ4n) is 6.01. The molecule has 1 unspecified atom stereocenters. The van der Waals surface area contributed by atoms with E-state index in [9.17, 15) is 10.2 Å². The SMILES string of the molecule is C[C@]12CC[C@H]3C(=C1CC[C@@H]2O)CCC1C[C@@H](O)C=C[C@@]13C. The average molecular weight is 288 g/mol. The van der Waals surface area contributed by atoms with Crippen LogP contribution >= 0.6 is 0 Å². The summed E-state index contributed by atoms with van der Waals surface area (Å²) in [6, 6.07) is 0. The van der Waals surface area contributed by atoms with Crippen molar-refractivity contribution in [1.29, 1.82) is 0 Å². The lowest BCUT2D eigenvalue weighted by atomic mass is 9.51. The van der Waals surface area contributed by atoms with Gasteiger partial charge in [-0.1, -0.05) is 37.1 Å². The van der Waals surface area contributed by atoms with Crippen molar-refractivity contribution in [2.45, 2.75) is 71.0 Å². The Morgan fingerprint density at radius 1 is 1.10 bits per heavy atom. The summed E-state index contributed by atoms with van der Waals surface area (Å²) in [4.78, 5) is 0. The van der Waals surface area contributed by atoms with Crippen LogP contribution in [-0.4, -0.2) is 22.4 Å². The van der Waals surface area contributed by atoms with E-state index in [0.29, 0.717) is 11.8 Å². The molecular formula is C19H28O2. The summed E-state index contributed by atoms with van der Waals surface area (Å²) in [6.45, 7) is 4.70. The van der Waals surface area contributed by atoms with Crippen LogP contribution in [0.5, 0.6) is 0 Å². The zero-order valence-electron chi connectivity index (χ0n) is 13.3. The van der Waals surface area contributed by atoms with Crippen molar-refractivity contribution in [1.82, 2.24) is 0 Å². The minimum atomic E-state index is -0.237. The highest BCUT2D eigenvalue weighted by atomic mass is 16.3. The molecule has 0 aromatic carbocycles. The average Bonchev–Trinajstić information content (AvgIpc) is 2.76. The molecule has 0 aliphatic heterocycles. The number of aliphatic hydroxyl groups is 2. The minimum Gasteiger partial charge on any atom is -0.392 e. The second-order valence-corrected chi connectivity index (χ2v) is 8.33. The highest BCUT2D eigenvalue weighted by molar-refractivity contribution is 5.36. The zero-order valence-corrected chi connectivity index (χ0v) is 13.3. The Bertz CT molecular complexity index is 520. The van der Waals surface area contributed by atoms with E-state index < -0.39 is 0 Å². The third kappa shape index (κ3) is 1.78. The van der Waals surface area contributed by atoms with Gasteiger partial charge in [0.05, 0.1) is 12.2 Å². The first-order valence-electron chi connectivity index (χ1n) is 8.73. The Hall–Kier alpha value is -0.600. The maximum atomic E-state index is 10.4. The lowest BCUT2D eigenvalue weighted by Crippen LogP contribution is -2.46. The van der Waals surface area contributed by atoms with Gasteiger partial charge in [0.1, 0.15) is 0 Å². The molecular weight excluding hydrogens is 260 g/mol. The zero-order chi connectivity index (χ0) is 14.8. The maximum absolute atomic E-state index is 10.4. The van der Waals surface area contributed by atoms with Crippen LogP contribution in [-0.2, 0) is 0 Å². The molecule has 2 saturated carbocycles. The summed E-state index contributed by atoms with van der Waals surface area (Å²) in [5, 5.41) is 20.4. The number of hydrogen-bond donors (Lipinski definition) is 2. The number of rotatable bonds is 0. The first-order valence-corrected chi connectivity index (χ1v) is 8.73. The second-order valence-electron chi connectivity index (χ2n) is 8.33. The Morgan fingerprint density at radius 3 is 2.71 bits per heavy atom. The largest absolute Gasteiger partial charge is 0.392 e. The standard InChI is InChI=1S/C19H28O2/c1-18-9-7-13(20)11-12(18)3-4-14-15-5-6-17(21)19(15,2)10-8-16(14)18/h7,9,12-13,16-17,20-21H,3-6,8,10-11H2,1-2H3/t12?,13-,16-,17-,18-,19-/m0/s1. The summed E-state index contributed by atoms with van der Waals surface area (Å²) in [5.41, 5.74) is 3.58. The van der Waals surface area contributed by atoms with Crippen molar-refractivity contribution < 1.29 is 10.2 Å². The monoisotopic (exact) mass is 288 g/mol. The molecule has 116 valence electrons. The van der Waals surface area contributed by atoms with Gasteiger partial charge in [-0.15, -0.1) is 0 Å². The molecule has 2 fully saturated rings. The van der Waals surface area contributed by atoms with E-state index in [0.717, 1.165) is 25.7 Å². The van der Waals surface area contributed by atoms with E-state index in [1.165, 1.54) is 19.3 Å². The normalized spacial score (nSPS) is 52.4. The number of hydrogen-bond acceptors (Lipinski definition) is 2. The molecule has 2 nitrogen and oxygen atoms in total. The van der Waals surface area contributed by atoms with Crippen molar-refractivity contribution in [3.8, 4) is 0 Å². The minimum absolute atomic E-state index is 0.0624. The maximum Gasteiger partial charge on any atom is 0.0724 e. The molecule has 4 rings (SSSR count). The van der Waals surface area contributed by atoms with Gasteiger partial charge >= 0.3 is 0 Å². The number of aliphatic hydroxyl groups excluding tert-OH is 2. The van der Waals surface area contributed by atoms with E-state index in [1.807, 2.05) is 6.08 Å². The molecule has 4 aliphatic carbocycles. The molecule has 0 radical (unpaired) electrons. The molecule has 2 N–H and O–H groups in total. The highest BCUT2D eigenvalue weighted by Crippen LogP contribution is 2.62. The number of allylic oxidation sites excluding steroid dienone is 2. The molecule has 0 aromatic rings. The van der Waals surface area contributed by atoms with E-state index >= 15 is 0 Å². The van der Waals surface area contributed by atoms with Crippen molar-refractivity contribution in [3.05, 3.63) is 23.3 Å². The summed E-state index contributed by atoms with van der Waals surface area (Å²) >= 11 is 0. The Balaban J connectivity index is 1.78. The van der Waals surface area contributed by atoms with Gasteiger partial charge in [-0.25, -0.2) is 0 Å². The first kappa shape index (κ1) is 14.0. The van der Waals surface area contributed by atoms with Gasteiger partial charge in [-0.2, -0.15) is 0 Å². The third-order valence-electron chi connectivity index (χ3n) is 7.45. The smallest absolute Gasteiger partial charge is 0.0724 e. The topological polar surface area (TPSA) is 40.5 Å². The molecule has 4 aliphatic rings. The summed E-state index contributed by atoms with van der Waals surface area (Å²) in [6.07, 6.45) is 11.7. The van der Waals surface area contributed by atoms with Gasteiger partial charge < -0.3 is 10.2 Å². The summed E-state index contributed by atoms with van der Waals surface area (Å²) < 4.78 is 0. The summed E-state index contributed by atoms with van der Waals surface area (Å²) in [7, 11) is 0. The van der Waals surface area contributed by atoms with Crippen molar-refractivity contribution in [2.24, 2.45) is 22.7 Å². The molecule has 0 spiro atoms. The van der Waals surface area contributed by atoms with E-state index in [-0.39, 0.29) is 23.0 Å². The van der Waals surface area contributed by atoms with Crippen molar-refractivity contribution in [2.75, 3.05) is 0 Å². The fraction of sp³-hybridized carbons (Fsp3) is 0.789. The molecule has 21 heavy (non-hydrogen) atoms. The molecule has 0 saturated heterocycles. The molecule has 0 heterocycles. The van der Waals surface area contributed by atoms with Gasteiger partial charge in [-0.3, -0.25) is 0 Å². The van der Waals surface area contributed by atoms with Gasteiger partial charge in [-0.05, 0) is 62.2 Å². The van der Waals surface area contributed by atoms with Crippen LogP contribution in [0.4, 0.5) is 0 Å². The molecule has 0 amide bonds. The molecule has 2 heteroatoms. The fourth-order valence-corrected chi connectivity index (χ4v) is 6.01. The van der Waals surface area contributed by atoms with E-state index in [2.05, 4.69) is 19.9 Å². The van der Waals surface area contributed by atoms with Crippen LogP contribution in [0.15, 0.2) is 23.3 Å². The van der Waals surface area contributed by atoms with Crippen LogP contribution in [0, 0.1) is 22.7 Å². The highest BCUT2D eigenvalue weighted by Gasteiger charge is 2.53. The van der Waals surface area contributed by atoms with Gasteiger partial charge in [0, 0.05) is 5.41 Å². The molecule has 0 bridgehead atoms. The van der Waals surface area contributed by atoms with Crippen LogP contribution < -0.4 is 0 Å². The van der Waals surface area contributed by atoms with E-state index in [1.54, 1.807) is 11.1 Å². The van der Waals surface area contributed by atoms with Crippen LogP contribution in [0.1, 0.15) is 58.8 Å². The Labute approximate surface area is 127 Å². The lowest BCUT2D eigenvalue weighted by molar-refractivity contribution is 0.0275. The third-order valence-corrected chi connectivity index (χ3v) is 7.45. The van der Waals surface area contributed by atoms with E-state index in [4.69, 9.17) is 0 Å². The van der Waals surface area contributed by atoms with Gasteiger partial charge in [0.2, 0.25) is 0 Å². The second kappa shape index (κ2) is 4.45.